The van der Waals surface area contributed by atoms with Gasteiger partial charge in [-0.3, -0.25) is 14.9 Å². The molecule has 0 saturated carbocycles. The topological polar surface area (TPSA) is 85.1 Å². The van der Waals surface area contributed by atoms with E-state index >= 15 is 0 Å². The number of pyridine rings is 1. The van der Waals surface area contributed by atoms with Gasteiger partial charge in [-0.2, -0.15) is 0 Å². The molecule has 1 heterocycles. The second-order valence-corrected chi connectivity index (χ2v) is 4.88. The summed E-state index contributed by atoms with van der Waals surface area (Å²) < 4.78 is 0.853. The molecule has 1 amide bonds. The Hall–Kier alpha value is -2.28. The van der Waals surface area contributed by atoms with Crippen LogP contribution in [-0.2, 0) is 0 Å². The second-order valence-electron chi connectivity index (χ2n) is 4.02. The molecule has 2 aromatic rings. The largest absolute Gasteiger partial charge is 0.307 e. The number of nitro groups is 1. The average molecular weight is 336 g/mol. The molecule has 20 heavy (non-hydrogen) atoms. The van der Waals surface area contributed by atoms with Crippen LogP contribution in [0.25, 0.3) is 0 Å². The van der Waals surface area contributed by atoms with Crippen molar-refractivity contribution in [3.63, 3.8) is 0 Å². The van der Waals surface area contributed by atoms with Gasteiger partial charge in [-0.25, -0.2) is 4.98 Å². The summed E-state index contributed by atoms with van der Waals surface area (Å²) in [5, 5.41) is 13.2. The van der Waals surface area contributed by atoms with E-state index < -0.39 is 4.92 Å². The Morgan fingerprint density at radius 3 is 2.45 bits per heavy atom. The predicted octanol–water partition coefficient (Wildman–Crippen LogP) is 3.31. The minimum absolute atomic E-state index is 0.0563. The van der Waals surface area contributed by atoms with Gasteiger partial charge in [-0.1, -0.05) is 0 Å². The van der Waals surface area contributed by atoms with Crippen molar-refractivity contribution in [3.8, 4) is 0 Å². The van der Waals surface area contributed by atoms with Gasteiger partial charge in [-0.05, 0) is 47.1 Å². The molecule has 7 heteroatoms. The number of halogens is 1. The third-order valence-corrected chi connectivity index (χ3v) is 3.44. The Balaban J connectivity index is 2.15. The summed E-state index contributed by atoms with van der Waals surface area (Å²) in [6, 6.07) is 8.83. The zero-order valence-electron chi connectivity index (χ0n) is 10.5. The number of nitro benzene ring substituents is 1. The van der Waals surface area contributed by atoms with E-state index in [1.807, 2.05) is 6.92 Å². The first-order valence-corrected chi connectivity index (χ1v) is 6.45. The quantitative estimate of drug-likeness (QED) is 0.688. The maximum atomic E-state index is 12.0. The number of benzene rings is 1. The normalized spacial score (nSPS) is 10.1. The van der Waals surface area contributed by atoms with E-state index in [1.165, 1.54) is 24.3 Å². The van der Waals surface area contributed by atoms with Gasteiger partial charge < -0.3 is 5.32 Å². The van der Waals surface area contributed by atoms with E-state index in [4.69, 9.17) is 0 Å². The van der Waals surface area contributed by atoms with E-state index in [0.717, 1.165) is 10.2 Å². The van der Waals surface area contributed by atoms with Gasteiger partial charge in [0.2, 0.25) is 0 Å². The number of nitrogens with zero attached hydrogens (tertiary/aromatic N) is 2. The highest BCUT2D eigenvalue weighted by atomic mass is 79.9. The summed E-state index contributed by atoms with van der Waals surface area (Å²) >= 11 is 3.32. The summed E-state index contributed by atoms with van der Waals surface area (Å²) in [5.74, 6) is 0.0585. The number of rotatable bonds is 3. The Morgan fingerprint density at radius 2 is 1.90 bits per heavy atom. The number of non-ortho nitro benzene ring substituents is 1. The Labute approximate surface area is 123 Å². The molecule has 6 nitrogen and oxygen atoms in total. The summed E-state index contributed by atoms with van der Waals surface area (Å²) in [5.41, 5.74) is 1.03. The number of amides is 1. The predicted molar refractivity (Wildman–Crippen MR) is 77.7 cm³/mol. The molecule has 1 N–H and O–H groups in total. The van der Waals surface area contributed by atoms with Crippen LogP contribution in [0.4, 0.5) is 11.5 Å². The maximum absolute atomic E-state index is 12.0. The zero-order valence-corrected chi connectivity index (χ0v) is 12.0. The molecule has 2 rings (SSSR count). The lowest BCUT2D eigenvalue weighted by molar-refractivity contribution is -0.384. The van der Waals surface area contributed by atoms with Crippen LogP contribution in [0, 0.1) is 17.0 Å². The van der Waals surface area contributed by atoms with Crippen LogP contribution in [0.5, 0.6) is 0 Å². The Morgan fingerprint density at radius 1 is 1.25 bits per heavy atom. The monoisotopic (exact) mass is 335 g/mol. The molecule has 0 aliphatic rings. The fourth-order valence-corrected chi connectivity index (χ4v) is 1.76. The fourth-order valence-electron chi connectivity index (χ4n) is 1.54. The number of aromatic nitrogens is 1. The second kappa shape index (κ2) is 5.79. The third kappa shape index (κ3) is 3.18. The van der Waals surface area contributed by atoms with E-state index in [-0.39, 0.29) is 11.6 Å². The molecule has 0 bridgehead atoms. The number of hydrogen-bond acceptors (Lipinski definition) is 4. The van der Waals surface area contributed by atoms with Gasteiger partial charge in [0.1, 0.15) is 5.82 Å². The van der Waals surface area contributed by atoms with Crippen LogP contribution in [-0.4, -0.2) is 15.8 Å². The van der Waals surface area contributed by atoms with Gasteiger partial charge in [-0.15, -0.1) is 0 Å². The third-order valence-electron chi connectivity index (χ3n) is 2.60. The molecule has 0 aliphatic heterocycles. The summed E-state index contributed by atoms with van der Waals surface area (Å²) in [7, 11) is 0. The van der Waals surface area contributed by atoms with E-state index in [2.05, 4.69) is 26.2 Å². The van der Waals surface area contributed by atoms with Crippen LogP contribution < -0.4 is 5.32 Å². The highest BCUT2D eigenvalue weighted by molar-refractivity contribution is 9.10. The highest BCUT2D eigenvalue weighted by Gasteiger charge is 2.10. The summed E-state index contributed by atoms with van der Waals surface area (Å²) in [4.78, 5) is 26.2. The Bertz CT molecular complexity index is 671. The number of aryl methyl sites for hydroxylation is 1. The molecule has 1 aromatic carbocycles. The first kappa shape index (κ1) is 14.1. The van der Waals surface area contributed by atoms with Crippen LogP contribution in [0.15, 0.2) is 40.9 Å². The molecule has 0 fully saturated rings. The number of anilines is 1. The van der Waals surface area contributed by atoms with E-state index in [9.17, 15) is 14.9 Å². The molecule has 0 saturated heterocycles. The van der Waals surface area contributed by atoms with Gasteiger partial charge in [0.25, 0.3) is 11.6 Å². The summed E-state index contributed by atoms with van der Waals surface area (Å²) in [6.45, 7) is 1.81. The van der Waals surface area contributed by atoms with Crippen molar-refractivity contribution in [2.75, 3.05) is 5.32 Å². The molecular formula is C13H10BrN3O3. The standard InChI is InChI=1S/C13H10BrN3O3/c1-8-11(14)6-7-12(15-8)16-13(18)9-2-4-10(5-3-9)17(19)20/h2-7H,1H3,(H,15,16,18). The van der Waals surface area contributed by atoms with Crippen LogP contribution in [0.3, 0.4) is 0 Å². The Kier molecular flexibility index (Phi) is 4.09. The molecule has 102 valence electrons. The van der Waals surface area contributed by atoms with Crippen molar-refractivity contribution in [3.05, 3.63) is 62.2 Å². The molecule has 0 spiro atoms. The minimum Gasteiger partial charge on any atom is -0.307 e. The number of carbonyl (C=O) groups excluding carboxylic acids is 1. The lowest BCUT2D eigenvalue weighted by Crippen LogP contribution is -2.13. The molecule has 0 radical (unpaired) electrons. The maximum Gasteiger partial charge on any atom is 0.269 e. The molecule has 0 aliphatic carbocycles. The van der Waals surface area contributed by atoms with Crippen molar-refractivity contribution in [1.82, 2.24) is 4.98 Å². The average Bonchev–Trinajstić information content (AvgIpc) is 2.43. The molecule has 0 unspecified atom stereocenters. The van der Waals surface area contributed by atoms with Crippen molar-refractivity contribution in [1.29, 1.82) is 0 Å². The van der Waals surface area contributed by atoms with Gasteiger partial charge in [0.05, 0.1) is 10.6 Å². The van der Waals surface area contributed by atoms with Gasteiger partial charge in [0, 0.05) is 22.2 Å². The SMILES string of the molecule is Cc1nc(NC(=O)c2ccc([N+](=O)[O-])cc2)ccc1Br. The van der Waals surface area contributed by atoms with Crippen molar-refractivity contribution in [2.45, 2.75) is 6.92 Å². The van der Waals surface area contributed by atoms with E-state index in [0.29, 0.717) is 11.4 Å². The first-order valence-electron chi connectivity index (χ1n) is 5.66. The smallest absolute Gasteiger partial charge is 0.269 e. The molecule has 0 atom stereocenters. The zero-order chi connectivity index (χ0) is 14.7. The van der Waals surface area contributed by atoms with E-state index in [1.54, 1.807) is 12.1 Å². The fraction of sp³-hybridized carbons (Fsp3) is 0.0769. The molecule has 1 aromatic heterocycles. The van der Waals surface area contributed by atoms with Crippen molar-refractivity contribution < 1.29 is 9.72 Å². The first-order chi connectivity index (χ1) is 9.47. The summed E-state index contributed by atoms with van der Waals surface area (Å²) in [6.07, 6.45) is 0. The molecular weight excluding hydrogens is 326 g/mol. The van der Waals surface area contributed by atoms with Gasteiger partial charge >= 0.3 is 0 Å². The van der Waals surface area contributed by atoms with Crippen LogP contribution in [0.1, 0.15) is 16.1 Å². The number of hydrogen-bond donors (Lipinski definition) is 1. The highest BCUT2D eigenvalue weighted by Crippen LogP contribution is 2.17. The number of carbonyl (C=O) groups is 1. The van der Waals surface area contributed by atoms with Crippen molar-refractivity contribution in [2.24, 2.45) is 0 Å². The van der Waals surface area contributed by atoms with Crippen LogP contribution in [0.2, 0.25) is 0 Å². The lowest BCUT2D eigenvalue weighted by atomic mass is 10.2. The van der Waals surface area contributed by atoms with Crippen molar-refractivity contribution >= 4 is 33.3 Å². The minimum atomic E-state index is -0.513. The van der Waals surface area contributed by atoms with Crippen LogP contribution >= 0.6 is 15.9 Å². The lowest BCUT2D eigenvalue weighted by Gasteiger charge is -2.06. The van der Waals surface area contributed by atoms with Gasteiger partial charge in [0.15, 0.2) is 0 Å². The number of nitrogens with one attached hydrogen (secondary N) is 1.